The normalized spacial score (nSPS) is 11.6. The summed E-state index contributed by atoms with van der Waals surface area (Å²) in [4.78, 5) is 0. The van der Waals surface area contributed by atoms with Crippen molar-refractivity contribution in [3.05, 3.63) is 187 Å². The third kappa shape index (κ3) is 4.39. The van der Waals surface area contributed by atoms with E-state index in [1.807, 2.05) is 36.4 Å². The lowest BCUT2D eigenvalue weighted by molar-refractivity contribution is 1.13. The molecule has 11 rings (SSSR count). The summed E-state index contributed by atoms with van der Waals surface area (Å²) in [5, 5.41) is 27.3. The van der Waals surface area contributed by atoms with E-state index in [1.54, 1.807) is 0 Å². The molecule has 0 atom stereocenters. The molecule has 0 aliphatic rings. The predicted molar refractivity (Wildman–Crippen MR) is 224 cm³/mol. The topological polar surface area (TPSA) is 62.4 Å². The fourth-order valence-electron chi connectivity index (χ4n) is 8.83. The van der Waals surface area contributed by atoms with E-state index in [1.165, 1.54) is 10.8 Å². The minimum absolute atomic E-state index is 0.577. The van der Waals surface area contributed by atoms with E-state index in [0.29, 0.717) is 11.1 Å². The van der Waals surface area contributed by atoms with Gasteiger partial charge in [-0.3, -0.25) is 0 Å². The SMILES string of the molecule is N#Cc1ccc2c(c1)c1ccccc1n2-c1ccc(-c2ccccc2-n2c3ccccc3c3cccc(-n4c5ccccc5c5ccccc54)c32)c(C#N)c1. The first-order valence-electron chi connectivity index (χ1n) is 18.3. The summed E-state index contributed by atoms with van der Waals surface area (Å²) in [6.07, 6.45) is 0. The van der Waals surface area contributed by atoms with Gasteiger partial charge in [0.2, 0.25) is 0 Å². The van der Waals surface area contributed by atoms with Gasteiger partial charge in [0.25, 0.3) is 0 Å². The van der Waals surface area contributed by atoms with Gasteiger partial charge in [0.05, 0.1) is 67.7 Å². The van der Waals surface area contributed by atoms with Crippen molar-refractivity contribution in [3.8, 4) is 40.3 Å². The molecule has 0 fully saturated rings. The molecule has 11 aromatic rings. The Labute approximate surface area is 316 Å². The van der Waals surface area contributed by atoms with Gasteiger partial charge >= 0.3 is 0 Å². The molecule has 0 unspecified atom stereocenters. The molecule has 0 radical (unpaired) electrons. The van der Waals surface area contributed by atoms with Crippen LogP contribution >= 0.6 is 0 Å². The average Bonchev–Trinajstić information content (AvgIpc) is 3.89. The molecule has 3 aromatic heterocycles. The van der Waals surface area contributed by atoms with Crippen LogP contribution < -0.4 is 0 Å². The van der Waals surface area contributed by atoms with Gasteiger partial charge < -0.3 is 13.7 Å². The molecule has 0 aliphatic heterocycles. The van der Waals surface area contributed by atoms with E-state index in [4.69, 9.17) is 0 Å². The Bertz CT molecular complexity index is 3420. The maximum Gasteiger partial charge on any atom is 0.0998 e. The standard InChI is InChI=1S/C50H29N5/c51-30-32-24-27-48-42(28-32)40-16-5-6-18-43(40)53(48)34-25-26-35(33(29-34)31-52)36-12-1-9-21-46(36)55-47-22-10-4-15-39(47)41-17-11-23-49(50(41)55)54-44-19-7-2-13-37(44)38-14-3-8-20-45(38)54/h1-29H. The minimum atomic E-state index is 0.577. The molecule has 8 aromatic carbocycles. The molecule has 254 valence electrons. The van der Waals surface area contributed by atoms with Gasteiger partial charge in [0, 0.05) is 49.1 Å². The maximum absolute atomic E-state index is 10.8. The van der Waals surface area contributed by atoms with Gasteiger partial charge in [0.15, 0.2) is 0 Å². The lowest BCUT2D eigenvalue weighted by Crippen LogP contribution is -2.03. The highest BCUT2D eigenvalue weighted by atomic mass is 15.1. The second-order valence-electron chi connectivity index (χ2n) is 14.0. The average molecular weight is 700 g/mol. The third-order valence-electron chi connectivity index (χ3n) is 11.1. The lowest BCUT2D eigenvalue weighted by Gasteiger charge is -2.18. The molecule has 0 saturated heterocycles. The van der Waals surface area contributed by atoms with Gasteiger partial charge in [0.1, 0.15) is 0 Å². The second-order valence-corrected chi connectivity index (χ2v) is 14.0. The number of nitrogens with zero attached hydrogens (tertiary/aromatic N) is 5. The van der Waals surface area contributed by atoms with Crippen molar-refractivity contribution >= 4 is 65.4 Å². The third-order valence-corrected chi connectivity index (χ3v) is 11.1. The number of aromatic nitrogens is 3. The molecule has 0 aliphatic carbocycles. The zero-order valence-corrected chi connectivity index (χ0v) is 29.5. The van der Waals surface area contributed by atoms with Crippen molar-refractivity contribution in [1.29, 1.82) is 10.5 Å². The monoisotopic (exact) mass is 699 g/mol. The zero-order chi connectivity index (χ0) is 36.6. The van der Waals surface area contributed by atoms with Crippen molar-refractivity contribution in [2.24, 2.45) is 0 Å². The Hall–Kier alpha value is -7.86. The van der Waals surface area contributed by atoms with E-state index >= 15 is 0 Å². The summed E-state index contributed by atoms with van der Waals surface area (Å²) in [6, 6.07) is 65.9. The summed E-state index contributed by atoms with van der Waals surface area (Å²) in [7, 11) is 0. The van der Waals surface area contributed by atoms with Crippen molar-refractivity contribution in [2.45, 2.75) is 0 Å². The number of hydrogen-bond donors (Lipinski definition) is 0. The Morgan fingerprint density at radius 3 is 1.55 bits per heavy atom. The Kier molecular flexibility index (Phi) is 6.61. The Balaban J connectivity index is 1.18. The molecule has 0 bridgehead atoms. The molecular formula is C50H29N5. The summed E-state index contributed by atoms with van der Waals surface area (Å²) in [6.45, 7) is 0. The van der Waals surface area contributed by atoms with Crippen LogP contribution in [0.25, 0.3) is 93.6 Å². The van der Waals surface area contributed by atoms with E-state index in [0.717, 1.165) is 82.8 Å². The van der Waals surface area contributed by atoms with E-state index in [9.17, 15) is 10.5 Å². The van der Waals surface area contributed by atoms with Crippen LogP contribution in [0.1, 0.15) is 11.1 Å². The van der Waals surface area contributed by atoms with Crippen molar-refractivity contribution in [1.82, 2.24) is 13.7 Å². The first kappa shape index (κ1) is 30.7. The highest BCUT2D eigenvalue weighted by Crippen LogP contribution is 2.42. The summed E-state index contributed by atoms with van der Waals surface area (Å²) in [5.74, 6) is 0. The summed E-state index contributed by atoms with van der Waals surface area (Å²) in [5.41, 5.74) is 12.5. The van der Waals surface area contributed by atoms with Crippen LogP contribution in [0, 0.1) is 22.7 Å². The van der Waals surface area contributed by atoms with Crippen molar-refractivity contribution in [3.63, 3.8) is 0 Å². The molecule has 0 spiro atoms. The first-order valence-corrected chi connectivity index (χ1v) is 18.3. The first-order chi connectivity index (χ1) is 27.2. The van der Waals surface area contributed by atoms with Gasteiger partial charge in [-0.1, -0.05) is 109 Å². The molecule has 3 heterocycles. The van der Waals surface area contributed by atoms with E-state index in [2.05, 4.69) is 165 Å². The smallest absolute Gasteiger partial charge is 0.0998 e. The molecular weight excluding hydrogens is 671 g/mol. The van der Waals surface area contributed by atoms with Crippen LogP contribution in [-0.2, 0) is 0 Å². The zero-order valence-electron chi connectivity index (χ0n) is 29.5. The number of benzene rings is 8. The molecule has 0 amide bonds. The molecule has 0 saturated carbocycles. The molecule has 55 heavy (non-hydrogen) atoms. The van der Waals surface area contributed by atoms with Crippen LogP contribution in [0.15, 0.2) is 176 Å². The largest absolute Gasteiger partial charge is 0.309 e. The lowest BCUT2D eigenvalue weighted by atomic mass is 9.97. The van der Waals surface area contributed by atoms with E-state index < -0.39 is 0 Å². The molecule has 0 N–H and O–H groups in total. The minimum Gasteiger partial charge on any atom is -0.309 e. The van der Waals surface area contributed by atoms with Gasteiger partial charge in [-0.05, 0) is 66.7 Å². The predicted octanol–water partition coefficient (Wildman–Crippen LogP) is 12.4. The van der Waals surface area contributed by atoms with Gasteiger partial charge in [-0.25, -0.2) is 0 Å². The Morgan fingerprint density at radius 1 is 0.345 bits per heavy atom. The van der Waals surface area contributed by atoms with Crippen LogP contribution in [0.4, 0.5) is 0 Å². The number of rotatable bonds is 4. The fraction of sp³-hybridized carbons (Fsp3) is 0. The van der Waals surface area contributed by atoms with Gasteiger partial charge in [-0.2, -0.15) is 10.5 Å². The van der Waals surface area contributed by atoms with Gasteiger partial charge in [-0.15, -0.1) is 0 Å². The highest BCUT2D eigenvalue weighted by molar-refractivity contribution is 6.15. The fourth-order valence-corrected chi connectivity index (χ4v) is 8.83. The van der Waals surface area contributed by atoms with Crippen LogP contribution in [0.3, 0.4) is 0 Å². The second kappa shape index (κ2) is 11.8. The number of nitriles is 2. The Morgan fingerprint density at radius 2 is 0.873 bits per heavy atom. The molecule has 5 heteroatoms. The quantitative estimate of drug-likeness (QED) is 0.184. The van der Waals surface area contributed by atoms with Crippen LogP contribution in [0.5, 0.6) is 0 Å². The van der Waals surface area contributed by atoms with Crippen LogP contribution in [0.2, 0.25) is 0 Å². The van der Waals surface area contributed by atoms with Crippen molar-refractivity contribution in [2.75, 3.05) is 0 Å². The maximum atomic E-state index is 10.8. The summed E-state index contributed by atoms with van der Waals surface area (Å²) < 4.78 is 6.97. The highest BCUT2D eigenvalue weighted by Gasteiger charge is 2.22. The number of hydrogen-bond acceptors (Lipinski definition) is 2. The molecule has 5 nitrogen and oxygen atoms in total. The van der Waals surface area contributed by atoms with E-state index in [-0.39, 0.29) is 0 Å². The van der Waals surface area contributed by atoms with Crippen molar-refractivity contribution < 1.29 is 0 Å². The summed E-state index contributed by atoms with van der Waals surface area (Å²) >= 11 is 0. The number of fused-ring (bicyclic) bond motifs is 9. The van der Waals surface area contributed by atoms with Crippen LogP contribution in [-0.4, -0.2) is 13.7 Å². The number of para-hydroxylation sites is 6.